The maximum atomic E-state index is 12.0. The average Bonchev–Trinajstić information content (AvgIpc) is 2.79. The Hall–Kier alpha value is 3.59. The van der Waals surface area contributed by atoms with Crippen LogP contribution in [0.4, 0.5) is 0 Å². The zero-order valence-electron chi connectivity index (χ0n) is 13.2. The molecule has 0 radical (unpaired) electrons. The first-order valence-electron chi connectivity index (χ1n) is 7.11. The number of halogens is 5. The normalized spacial score (nSPS) is 27.5. The summed E-state index contributed by atoms with van der Waals surface area (Å²) in [5.74, 6) is -1.73. The predicted octanol–water partition coefficient (Wildman–Crippen LogP) is 4.22. The molecule has 25 heavy (non-hydrogen) atoms. The number of hydrogen-bond donors (Lipinski definition) is 2. The summed E-state index contributed by atoms with van der Waals surface area (Å²) in [5.41, 5.74) is 0. The van der Waals surface area contributed by atoms with E-state index in [1.54, 1.807) is 4.90 Å². The van der Waals surface area contributed by atoms with Gasteiger partial charge in [0, 0.05) is 25.3 Å². The first-order valence-corrected chi connectivity index (χ1v) is 29.6. The van der Waals surface area contributed by atoms with Crippen molar-refractivity contribution in [2.75, 3.05) is 6.54 Å². The van der Waals surface area contributed by atoms with E-state index in [1.807, 2.05) is 6.92 Å². The molecule has 0 aromatic carbocycles. The van der Waals surface area contributed by atoms with Crippen LogP contribution in [-0.4, -0.2) is 51.5 Å². The first-order chi connectivity index (χ1) is 11.6. The molecule has 1 saturated heterocycles. The van der Waals surface area contributed by atoms with Gasteiger partial charge < -0.3 is 15.1 Å². The van der Waals surface area contributed by atoms with E-state index >= 15 is 0 Å². The molecule has 3 atom stereocenters. The van der Waals surface area contributed by atoms with Gasteiger partial charge in [-0.25, -0.2) is 9.79 Å². The summed E-state index contributed by atoms with van der Waals surface area (Å²) in [6.07, 6.45) is 2.89. The van der Waals surface area contributed by atoms with E-state index in [1.165, 1.54) is 6.08 Å². The molecule has 145 valence electrons. The van der Waals surface area contributed by atoms with E-state index < -0.39 is 11.8 Å². The predicted molar refractivity (Wildman–Crippen MR) is 132 cm³/mol. The number of aliphatic imine (C=N–C) groups is 1. The first kappa shape index (κ1) is 28.6. The second-order valence-electron chi connectivity index (χ2n) is 5.56. The van der Waals surface area contributed by atoms with Crippen LogP contribution >= 0.6 is 99.9 Å². The van der Waals surface area contributed by atoms with Crippen LogP contribution in [0.25, 0.3) is 0 Å². The quantitative estimate of drug-likeness (QED) is 0.188. The monoisotopic (exact) mass is 991 g/mol. The Morgan fingerprint density at radius 1 is 1.32 bits per heavy atom. The number of nitrogens with zero attached hydrogens (tertiary/aromatic N) is 2. The number of amides is 1. The van der Waals surface area contributed by atoms with Crippen molar-refractivity contribution >= 4 is 112 Å². The summed E-state index contributed by atoms with van der Waals surface area (Å²) in [7, 11) is 0.628. The van der Waals surface area contributed by atoms with Crippen molar-refractivity contribution in [3.63, 3.8) is 0 Å². The van der Waals surface area contributed by atoms with Crippen molar-refractivity contribution in [1.82, 2.24) is 4.90 Å². The summed E-state index contributed by atoms with van der Waals surface area (Å²) in [4.78, 5) is 27.5. The Morgan fingerprint density at radius 2 is 1.84 bits per heavy atom. The molecule has 0 aromatic rings. The van der Waals surface area contributed by atoms with Gasteiger partial charge in [0.2, 0.25) is 12.0 Å². The van der Waals surface area contributed by atoms with Crippen molar-refractivity contribution in [3.05, 3.63) is 0 Å². The molecule has 6 nitrogen and oxygen atoms in total. The Kier molecular flexibility index (Phi) is 17.6. The maximum absolute atomic E-state index is 12.0. The van der Waals surface area contributed by atoms with Crippen LogP contribution in [0.2, 0.25) is 0 Å². The molecule has 1 aliphatic heterocycles. The van der Waals surface area contributed by atoms with E-state index in [-0.39, 0.29) is 35.6 Å². The van der Waals surface area contributed by atoms with Gasteiger partial charge in [0.05, 0.1) is 12.1 Å². The Balaban J connectivity index is 0.000000708. The molecule has 0 spiro atoms. The fraction of sp³-hybridized carbons (Fsp3) is 0.833. The molecule has 0 bridgehead atoms. The van der Waals surface area contributed by atoms with Crippen molar-refractivity contribution in [1.29, 1.82) is 0 Å². The van der Waals surface area contributed by atoms with Gasteiger partial charge >= 0.3 is 114 Å². The van der Waals surface area contributed by atoms with Crippen molar-refractivity contribution in [2.45, 2.75) is 50.5 Å². The molecule has 0 aromatic heterocycles. The van der Waals surface area contributed by atoms with Crippen LogP contribution in [0, 0.1) is 5.92 Å². The van der Waals surface area contributed by atoms with Gasteiger partial charge in [-0.1, -0.05) is 6.92 Å². The molecule has 13 heteroatoms. The van der Waals surface area contributed by atoms with E-state index in [0.29, 0.717) is 22.4 Å². The molecule has 1 aliphatic carbocycles. The van der Waals surface area contributed by atoms with E-state index in [0.717, 1.165) is 6.42 Å². The molecule has 2 N–H and O–H groups in total. The van der Waals surface area contributed by atoms with Gasteiger partial charge in [-0.2, -0.15) is 0 Å². The fourth-order valence-corrected chi connectivity index (χ4v) is 2.89. The minimum absolute atomic E-state index is 0.000738. The number of carbonyl (C=O) groups is 1. The van der Waals surface area contributed by atoms with Gasteiger partial charge in [-0.15, -0.1) is 0 Å². The second kappa shape index (κ2) is 15.4. The van der Waals surface area contributed by atoms with Crippen molar-refractivity contribution < 1.29 is 34.2 Å². The molecular formula is C12H18I5N2O4V2. The summed E-state index contributed by atoms with van der Waals surface area (Å²) in [6, 6.07) is -0.781. The Labute approximate surface area is 214 Å². The molecule has 1 heterocycles. The second-order valence-corrected chi connectivity index (χ2v) is 52.7. The van der Waals surface area contributed by atoms with Gasteiger partial charge in [0.1, 0.15) is 0 Å². The fourth-order valence-electron chi connectivity index (χ4n) is 2.89. The Morgan fingerprint density at radius 3 is 2.24 bits per heavy atom. The van der Waals surface area contributed by atoms with Gasteiger partial charge in [-0.05, 0) is 12.8 Å². The molecule has 2 rings (SSSR count). The van der Waals surface area contributed by atoms with Crippen molar-refractivity contribution in [3.8, 4) is 0 Å². The number of rotatable bonds is 2. The molecule has 1 saturated carbocycles. The summed E-state index contributed by atoms with van der Waals surface area (Å²) >= 11 is 12.1. The summed E-state index contributed by atoms with van der Waals surface area (Å²) in [5, 5.41) is 19.2. The van der Waals surface area contributed by atoms with E-state index in [2.05, 4.69) is 105 Å². The van der Waals surface area contributed by atoms with Gasteiger partial charge in [0.25, 0.3) is 0 Å². The SMILES string of the molecule is CC1CCN(C2CCC(O)(O)C[C@H]2N=C=O)C1=O.[I][V]([I])[I].[I][V][I]. The van der Waals surface area contributed by atoms with Crippen LogP contribution in [0.1, 0.15) is 32.6 Å². The summed E-state index contributed by atoms with van der Waals surface area (Å²) < 4.78 is 0. The molecular weight excluding hydrogens is 973 g/mol. The van der Waals surface area contributed by atoms with Crippen molar-refractivity contribution in [2.24, 2.45) is 10.9 Å². The van der Waals surface area contributed by atoms with E-state index in [9.17, 15) is 19.8 Å². The molecule has 2 aliphatic rings. The van der Waals surface area contributed by atoms with Crippen LogP contribution in [0.5, 0.6) is 0 Å². The van der Waals surface area contributed by atoms with Crippen LogP contribution in [-0.2, 0) is 24.0 Å². The molecule has 2 unspecified atom stereocenters. The third-order valence-corrected chi connectivity index (χ3v) is 3.95. The number of carbonyl (C=O) groups excluding carboxylic acids is 2. The zero-order valence-corrected chi connectivity index (χ0v) is 26.7. The molecule has 2 fully saturated rings. The van der Waals surface area contributed by atoms with E-state index in [4.69, 9.17) is 0 Å². The molecule has 1 amide bonds. The third-order valence-electron chi connectivity index (χ3n) is 3.95. The van der Waals surface area contributed by atoms with Crippen LogP contribution in [0.3, 0.4) is 0 Å². The number of likely N-dealkylation sites (tertiary alicyclic amines) is 1. The van der Waals surface area contributed by atoms with Gasteiger partial charge in [0.15, 0.2) is 5.79 Å². The third kappa shape index (κ3) is 12.1. The van der Waals surface area contributed by atoms with Crippen LogP contribution in [0.15, 0.2) is 4.99 Å². The Bertz CT molecular complexity index is 466. The number of aliphatic hydroxyl groups is 2. The van der Waals surface area contributed by atoms with Crippen LogP contribution < -0.4 is 0 Å². The topological polar surface area (TPSA) is 90.2 Å². The average molecular weight is 991 g/mol. The van der Waals surface area contributed by atoms with Gasteiger partial charge in [-0.3, -0.25) is 4.79 Å². The number of isocyanates is 1. The zero-order chi connectivity index (χ0) is 19.6. The minimum atomic E-state index is -1.80. The number of hydrogen-bond acceptors (Lipinski definition) is 5. The standard InChI is InChI=1S/C12H18N2O4.5HI.2V/c1-8-3-5-14(11(8)16)10-2-4-12(17,18)6-9(10)13-7-15;;;;;;;/h8-10,17-18H,2-6H2,1H3;5*1H;;/q;;;;;;+2;+3/p-5/t8?,9-,10?;;;;;;;/m1......./s1. The summed E-state index contributed by atoms with van der Waals surface area (Å²) in [6.45, 7) is 2.53.